The Balaban J connectivity index is 1.91. The van der Waals surface area contributed by atoms with Crippen LogP contribution in [-0.4, -0.2) is 30.5 Å². The van der Waals surface area contributed by atoms with Crippen LogP contribution in [0.25, 0.3) is 0 Å². The first-order chi connectivity index (χ1) is 7.85. The number of rotatable bonds is 5. The zero-order valence-corrected chi connectivity index (χ0v) is 10.3. The maximum Gasteiger partial charge on any atom is 0.0483 e. The van der Waals surface area contributed by atoms with Crippen LogP contribution in [0.5, 0.6) is 0 Å². The van der Waals surface area contributed by atoms with E-state index in [1.807, 2.05) is 0 Å². The molecule has 0 aromatic carbocycles. The molecule has 0 amide bonds. The minimum Gasteiger partial charge on any atom is -0.396 e. The monoisotopic (exact) mass is 241 g/mol. The zero-order valence-electron chi connectivity index (χ0n) is 9.45. The van der Waals surface area contributed by atoms with Crippen LogP contribution >= 0.6 is 11.3 Å². The van der Waals surface area contributed by atoms with E-state index >= 15 is 0 Å². The summed E-state index contributed by atoms with van der Waals surface area (Å²) in [5.41, 5.74) is 1.41. The van der Waals surface area contributed by atoms with Gasteiger partial charge in [-0.25, -0.2) is 0 Å². The lowest BCUT2D eigenvalue weighted by Crippen LogP contribution is -2.49. The summed E-state index contributed by atoms with van der Waals surface area (Å²) in [4.78, 5) is 0. The van der Waals surface area contributed by atoms with Gasteiger partial charge in [0.15, 0.2) is 0 Å². The van der Waals surface area contributed by atoms with Crippen LogP contribution in [0.15, 0.2) is 16.8 Å². The van der Waals surface area contributed by atoms with Gasteiger partial charge in [0.2, 0.25) is 0 Å². The Labute approximate surface area is 100 Å². The van der Waals surface area contributed by atoms with Crippen LogP contribution in [0.2, 0.25) is 0 Å². The average molecular weight is 241 g/mol. The van der Waals surface area contributed by atoms with Crippen molar-refractivity contribution in [3.63, 3.8) is 0 Å². The lowest BCUT2D eigenvalue weighted by Gasteiger charge is -2.38. The third-order valence-electron chi connectivity index (χ3n) is 3.29. The van der Waals surface area contributed by atoms with Gasteiger partial charge >= 0.3 is 0 Å². The van der Waals surface area contributed by atoms with E-state index in [4.69, 9.17) is 9.84 Å². The SMILES string of the molecule is OCCC1(NCc2ccsc2)CCOCC1. The van der Waals surface area contributed by atoms with Crippen molar-refractivity contribution in [2.75, 3.05) is 19.8 Å². The standard InChI is InChI=1S/C12H19NO2S/c14-5-2-12(3-6-15-7-4-12)13-9-11-1-8-16-10-11/h1,8,10,13-14H,2-7,9H2. The van der Waals surface area contributed by atoms with Gasteiger partial charge in [-0.05, 0) is 41.7 Å². The van der Waals surface area contributed by atoms with E-state index in [9.17, 15) is 0 Å². The molecule has 1 aliphatic heterocycles. The highest BCUT2D eigenvalue weighted by molar-refractivity contribution is 7.07. The highest BCUT2D eigenvalue weighted by Gasteiger charge is 2.31. The van der Waals surface area contributed by atoms with E-state index in [0.29, 0.717) is 0 Å². The number of aliphatic hydroxyl groups is 1. The van der Waals surface area contributed by atoms with Gasteiger partial charge in [-0.1, -0.05) is 0 Å². The van der Waals surface area contributed by atoms with Crippen LogP contribution in [0.1, 0.15) is 24.8 Å². The molecule has 2 N–H and O–H groups in total. The highest BCUT2D eigenvalue weighted by Crippen LogP contribution is 2.25. The average Bonchev–Trinajstić information content (AvgIpc) is 2.81. The first-order valence-electron chi connectivity index (χ1n) is 5.79. The molecule has 0 aliphatic carbocycles. The normalized spacial score (nSPS) is 19.8. The predicted octanol–water partition coefficient (Wildman–Crippen LogP) is 1.77. The van der Waals surface area contributed by atoms with Crippen LogP contribution in [0.4, 0.5) is 0 Å². The Morgan fingerprint density at radius 1 is 1.44 bits per heavy atom. The first kappa shape index (κ1) is 12.0. The van der Waals surface area contributed by atoms with Crippen molar-refractivity contribution in [3.8, 4) is 0 Å². The second kappa shape index (κ2) is 5.77. The Morgan fingerprint density at radius 2 is 2.25 bits per heavy atom. The maximum absolute atomic E-state index is 9.16. The van der Waals surface area contributed by atoms with E-state index in [1.54, 1.807) is 11.3 Å². The molecule has 1 aromatic heterocycles. The maximum atomic E-state index is 9.16. The molecule has 1 aromatic rings. The molecule has 3 nitrogen and oxygen atoms in total. The fourth-order valence-electron chi connectivity index (χ4n) is 2.17. The summed E-state index contributed by atoms with van der Waals surface area (Å²) in [6.07, 6.45) is 2.82. The number of nitrogens with one attached hydrogen (secondary N) is 1. The summed E-state index contributed by atoms with van der Waals surface area (Å²) in [5, 5.41) is 17.0. The number of ether oxygens (including phenoxy) is 1. The van der Waals surface area contributed by atoms with Crippen molar-refractivity contribution < 1.29 is 9.84 Å². The van der Waals surface area contributed by atoms with Crippen molar-refractivity contribution in [2.45, 2.75) is 31.3 Å². The number of hydrogen-bond acceptors (Lipinski definition) is 4. The van der Waals surface area contributed by atoms with E-state index in [1.165, 1.54) is 5.56 Å². The molecule has 0 radical (unpaired) electrons. The minimum atomic E-state index is 0.0783. The fourth-order valence-corrected chi connectivity index (χ4v) is 2.84. The van der Waals surface area contributed by atoms with Crippen LogP contribution < -0.4 is 5.32 Å². The molecule has 0 unspecified atom stereocenters. The van der Waals surface area contributed by atoms with E-state index in [2.05, 4.69) is 22.1 Å². The quantitative estimate of drug-likeness (QED) is 0.825. The smallest absolute Gasteiger partial charge is 0.0483 e. The lowest BCUT2D eigenvalue weighted by molar-refractivity contribution is 0.0267. The minimum absolute atomic E-state index is 0.0783. The van der Waals surface area contributed by atoms with Gasteiger partial charge in [0, 0.05) is 31.9 Å². The molecule has 1 saturated heterocycles. The third-order valence-corrected chi connectivity index (χ3v) is 4.02. The van der Waals surface area contributed by atoms with Gasteiger partial charge in [-0.3, -0.25) is 0 Å². The molecule has 4 heteroatoms. The fraction of sp³-hybridized carbons (Fsp3) is 0.667. The summed E-state index contributed by atoms with van der Waals surface area (Å²) < 4.78 is 5.39. The summed E-state index contributed by atoms with van der Waals surface area (Å²) in [6, 6.07) is 2.14. The first-order valence-corrected chi connectivity index (χ1v) is 6.74. The number of aliphatic hydroxyl groups excluding tert-OH is 1. The lowest BCUT2D eigenvalue weighted by atomic mass is 9.86. The van der Waals surface area contributed by atoms with Crippen LogP contribution in [-0.2, 0) is 11.3 Å². The molecule has 0 saturated carbocycles. The largest absolute Gasteiger partial charge is 0.396 e. The summed E-state index contributed by atoms with van der Waals surface area (Å²) in [6.45, 7) is 2.74. The molecule has 2 rings (SSSR count). The van der Waals surface area contributed by atoms with Crippen LogP contribution in [0, 0.1) is 0 Å². The van der Waals surface area contributed by atoms with Crippen LogP contribution in [0.3, 0.4) is 0 Å². The highest BCUT2D eigenvalue weighted by atomic mass is 32.1. The summed E-state index contributed by atoms with van der Waals surface area (Å²) in [7, 11) is 0. The molecule has 0 spiro atoms. The molecule has 90 valence electrons. The second-order valence-corrected chi connectivity index (χ2v) is 5.13. The van der Waals surface area contributed by atoms with Gasteiger partial charge in [0.1, 0.15) is 0 Å². The molecule has 0 atom stereocenters. The van der Waals surface area contributed by atoms with Crippen molar-refractivity contribution in [1.29, 1.82) is 0 Å². The summed E-state index contributed by atoms with van der Waals surface area (Å²) in [5.74, 6) is 0. The topological polar surface area (TPSA) is 41.5 Å². The molecular formula is C12H19NO2S. The van der Waals surface area contributed by atoms with Gasteiger partial charge < -0.3 is 15.2 Å². The van der Waals surface area contributed by atoms with Gasteiger partial charge in [0.25, 0.3) is 0 Å². The molecule has 1 fully saturated rings. The Bertz CT molecular complexity index is 288. The van der Waals surface area contributed by atoms with Crippen molar-refractivity contribution in [2.24, 2.45) is 0 Å². The molecule has 2 heterocycles. The van der Waals surface area contributed by atoms with E-state index < -0.39 is 0 Å². The molecule has 0 bridgehead atoms. The van der Waals surface area contributed by atoms with Gasteiger partial charge in [-0.2, -0.15) is 11.3 Å². The predicted molar refractivity (Wildman–Crippen MR) is 65.6 cm³/mol. The Kier molecular flexibility index (Phi) is 4.35. The van der Waals surface area contributed by atoms with Gasteiger partial charge in [-0.15, -0.1) is 0 Å². The zero-order chi connectivity index (χ0) is 11.3. The summed E-state index contributed by atoms with van der Waals surface area (Å²) >= 11 is 1.72. The van der Waals surface area contributed by atoms with Crippen molar-refractivity contribution in [1.82, 2.24) is 5.32 Å². The van der Waals surface area contributed by atoms with E-state index in [-0.39, 0.29) is 12.1 Å². The number of thiophene rings is 1. The van der Waals surface area contributed by atoms with Crippen molar-refractivity contribution >= 4 is 11.3 Å². The number of hydrogen-bond donors (Lipinski definition) is 2. The molecule has 1 aliphatic rings. The Hall–Kier alpha value is -0.420. The second-order valence-electron chi connectivity index (χ2n) is 4.35. The van der Waals surface area contributed by atoms with Gasteiger partial charge in [0.05, 0.1) is 0 Å². The molecular weight excluding hydrogens is 222 g/mol. The third kappa shape index (κ3) is 3.04. The molecule has 16 heavy (non-hydrogen) atoms. The van der Waals surface area contributed by atoms with E-state index in [0.717, 1.165) is 39.0 Å². The Morgan fingerprint density at radius 3 is 2.88 bits per heavy atom. The van der Waals surface area contributed by atoms with Crippen molar-refractivity contribution in [3.05, 3.63) is 22.4 Å².